The Balaban J connectivity index is 2.04. The van der Waals surface area contributed by atoms with Crippen LogP contribution in [0.15, 0.2) is 29.3 Å². The molecule has 0 spiro atoms. The zero-order valence-corrected chi connectivity index (χ0v) is 14.1. The first kappa shape index (κ1) is 17.3. The SMILES string of the molecule is C=CCCC(NC(=O)Cc1cc2c(cc1Br)OCCO2)C(=O)O. The molecule has 124 valence electrons. The maximum absolute atomic E-state index is 12.1. The Morgan fingerprint density at radius 3 is 2.61 bits per heavy atom. The highest BCUT2D eigenvalue weighted by Gasteiger charge is 2.21. The molecule has 0 aromatic heterocycles. The lowest BCUT2D eigenvalue weighted by molar-refractivity contribution is -0.141. The van der Waals surface area contributed by atoms with Gasteiger partial charge in [0.15, 0.2) is 11.5 Å². The van der Waals surface area contributed by atoms with Crippen molar-refractivity contribution in [2.75, 3.05) is 13.2 Å². The van der Waals surface area contributed by atoms with Crippen LogP contribution in [0.1, 0.15) is 18.4 Å². The lowest BCUT2D eigenvalue weighted by Crippen LogP contribution is -2.41. The molecule has 6 nitrogen and oxygen atoms in total. The van der Waals surface area contributed by atoms with Crippen LogP contribution >= 0.6 is 15.9 Å². The number of nitrogens with one attached hydrogen (secondary N) is 1. The molecule has 0 fully saturated rings. The molecule has 1 aliphatic rings. The second-order valence-corrected chi connectivity index (χ2v) is 5.94. The van der Waals surface area contributed by atoms with Crippen LogP contribution in [0.25, 0.3) is 0 Å². The van der Waals surface area contributed by atoms with Gasteiger partial charge in [-0.2, -0.15) is 0 Å². The number of hydrogen-bond acceptors (Lipinski definition) is 4. The number of carbonyl (C=O) groups is 2. The van der Waals surface area contributed by atoms with E-state index in [0.29, 0.717) is 43.1 Å². The van der Waals surface area contributed by atoms with Gasteiger partial charge in [0.2, 0.25) is 5.91 Å². The van der Waals surface area contributed by atoms with Crippen LogP contribution in [-0.4, -0.2) is 36.2 Å². The van der Waals surface area contributed by atoms with E-state index < -0.39 is 12.0 Å². The van der Waals surface area contributed by atoms with E-state index in [1.807, 2.05) is 0 Å². The minimum Gasteiger partial charge on any atom is -0.486 e. The Labute approximate surface area is 142 Å². The Morgan fingerprint density at radius 1 is 1.35 bits per heavy atom. The first-order valence-corrected chi connectivity index (χ1v) is 8.01. The summed E-state index contributed by atoms with van der Waals surface area (Å²) in [6.07, 6.45) is 2.51. The van der Waals surface area contributed by atoms with Crippen molar-refractivity contribution in [3.8, 4) is 11.5 Å². The van der Waals surface area contributed by atoms with Gasteiger partial charge in [-0.05, 0) is 30.5 Å². The fraction of sp³-hybridized carbons (Fsp3) is 0.375. The highest BCUT2D eigenvalue weighted by atomic mass is 79.9. The molecule has 1 aromatic carbocycles. The van der Waals surface area contributed by atoms with Crippen molar-refractivity contribution in [1.29, 1.82) is 0 Å². The molecule has 0 radical (unpaired) electrons. The first-order chi connectivity index (χ1) is 11.0. The highest BCUT2D eigenvalue weighted by Crippen LogP contribution is 2.35. The van der Waals surface area contributed by atoms with Crippen molar-refractivity contribution >= 4 is 27.8 Å². The second kappa shape index (κ2) is 8.01. The fourth-order valence-electron chi connectivity index (χ4n) is 2.20. The topological polar surface area (TPSA) is 84.9 Å². The summed E-state index contributed by atoms with van der Waals surface area (Å²) in [5.41, 5.74) is 0.708. The maximum Gasteiger partial charge on any atom is 0.326 e. The number of carboxylic acid groups (broad SMARTS) is 1. The summed E-state index contributed by atoms with van der Waals surface area (Å²) in [5, 5.41) is 11.7. The van der Waals surface area contributed by atoms with Crippen molar-refractivity contribution in [2.45, 2.75) is 25.3 Å². The summed E-state index contributed by atoms with van der Waals surface area (Å²) < 4.78 is 11.7. The fourth-order valence-corrected chi connectivity index (χ4v) is 2.66. The number of benzene rings is 1. The van der Waals surface area contributed by atoms with E-state index >= 15 is 0 Å². The van der Waals surface area contributed by atoms with Crippen LogP contribution in [0.3, 0.4) is 0 Å². The maximum atomic E-state index is 12.1. The van der Waals surface area contributed by atoms with Gasteiger partial charge in [-0.25, -0.2) is 4.79 Å². The number of amides is 1. The summed E-state index contributed by atoms with van der Waals surface area (Å²) in [6, 6.07) is 2.57. The van der Waals surface area contributed by atoms with Crippen LogP contribution in [0, 0.1) is 0 Å². The number of hydrogen-bond donors (Lipinski definition) is 2. The molecular weight excluding hydrogens is 366 g/mol. The third-order valence-corrected chi connectivity index (χ3v) is 4.09. The predicted octanol–water partition coefficient (Wildman–Crippen LogP) is 2.30. The van der Waals surface area contributed by atoms with Crippen molar-refractivity contribution in [1.82, 2.24) is 5.32 Å². The number of carboxylic acids is 1. The van der Waals surface area contributed by atoms with Crippen LogP contribution < -0.4 is 14.8 Å². The standard InChI is InChI=1S/C16H18BrNO5/c1-2-3-4-12(16(20)21)18-15(19)8-10-7-13-14(9-11(10)17)23-6-5-22-13/h2,7,9,12H,1,3-6,8H2,(H,18,19)(H,20,21). The molecule has 0 aliphatic carbocycles. The number of rotatable bonds is 7. The van der Waals surface area contributed by atoms with Crippen molar-refractivity contribution in [3.63, 3.8) is 0 Å². The number of allylic oxidation sites excluding steroid dienone is 1. The van der Waals surface area contributed by atoms with E-state index in [2.05, 4.69) is 27.8 Å². The summed E-state index contributed by atoms with van der Waals surface area (Å²) in [6.45, 7) is 4.50. The smallest absolute Gasteiger partial charge is 0.326 e. The summed E-state index contributed by atoms with van der Waals surface area (Å²) in [4.78, 5) is 23.3. The van der Waals surface area contributed by atoms with Crippen molar-refractivity contribution in [2.24, 2.45) is 0 Å². The van der Waals surface area contributed by atoms with Gasteiger partial charge < -0.3 is 19.9 Å². The van der Waals surface area contributed by atoms with E-state index in [1.54, 1.807) is 18.2 Å². The normalized spacial score (nSPS) is 14.0. The van der Waals surface area contributed by atoms with Crippen LogP contribution in [-0.2, 0) is 16.0 Å². The molecule has 1 amide bonds. The molecule has 0 saturated heterocycles. The van der Waals surface area contributed by atoms with Gasteiger partial charge in [-0.3, -0.25) is 4.79 Å². The monoisotopic (exact) mass is 383 g/mol. The lowest BCUT2D eigenvalue weighted by Gasteiger charge is -2.20. The van der Waals surface area contributed by atoms with E-state index in [0.717, 1.165) is 4.47 Å². The molecule has 2 N–H and O–H groups in total. The summed E-state index contributed by atoms with van der Waals surface area (Å²) in [5.74, 6) is -0.203. The molecule has 1 atom stereocenters. The zero-order valence-electron chi connectivity index (χ0n) is 12.5. The van der Waals surface area contributed by atoms with E-state index in [-0.39, 0.29) is 12.3 Å². The highest BCUT2D eigenvalue weighted by molar-refractivity contribution is 9.10. The first-order valence-electron chi connectivity index (χ1n) is 7.22. The third kappa shape index (κ3) is 4.72. The molecular formula is C16H18BrNO5. The Kier molecular flexibility index (Phi) is 6.04. The number of fused-ring (bicyclic) bond motifs is 1. The van der Waals surface area contributed by atoms with Gasteiger partial charge in [0.05, 0.1) is 6.42 Å². The molecule has 0 saturated carbocycles. The van der Waals surface area contributed by atoms with Gasteiger partial charge in [0.1, 0.15) is 19.3 Å². The second-order valence-electron chi connectivity index (χ2n) is 5.09. The molecule has 1 aromatic rings. The average Bonchev–Trinajstić information content (AvgIpc) is 2.51. The Bertz CT molecular complexity index is 617. The number of ether oxygens (including phenoxy) is 2. The molecule has 1 aliphatic heterocycles. The van der Waals surface area contributed by atoms with Gasteiger partial charge in [-0.1, -0.05) is 22.0 Å². The minimum atomic E-state index is -1.05. The Hall–Kier alpha value is -2.02. The van der Waals surface area contributed by atoms with Gasteiger partial charge in [0, 0.05) is 4.47 Å². The lowest BCUT2D eigenvalue weighted by atomic mass is 10.1. The van der Waals surface area contributed by atoms with Crippen molar-refractivity contribution in [3.05, 3.63) is 34.8 Å². The van der Waals surface area contributed by atoms with Gasteiger partial charge in [-0.15, -0.1) is 6.58 Å². The quantitative estimate of drug-likeness (QED) is 0.705. The van der Waals surface area contributed by atoms with Crippen LogP contribution in [0.5, 0.6) is 11.5 Å². The molecule has 1 unspecified atom stereocenters. The van der Waals surface area contributed by atoms with Gasteiger partial charge in [0.25, 0.3) is 0 Å². The van der Waals surface area contributed by atoms with Crippen molar-refractivity contribution < 1.29 is 24.2 Å². The average molecular weight is 384 g/mol. The molecule has 23 heavy (non-hydrogen) atoms. The van der Waals surface area contributed by atoms with E-state index in [9.17, 15) is 9.59 Å². The zero-order chi connectivity index (χ0) is 16.8. The molecule has 2 rings (SSSR count). The number of carbonyl (C=O) groups excluding carboxylic acids is 1. The van der Waals surface area contributed by atoms with Crippen LogP contribution in [0.4, 0.5) is 0 Å². The predicted molar refractivity (Wildman–Crippen MR) is 87.8 cm³/mol. The van der Waals surface area contributed by atoms with E-state index in [1.165, 1.54) is 0 Å². The minimum absolute atomic E-state index is 0.0507. The van der Waals surface area contributed by atoms with E-state index in [4.69, 9.17) is 14.6 Å². The van der Waals surface area contributed by atoms with Gasteiger partial charge >= 0.3 is 5.97 Å². The molecule has 0 bridgehead atoms. The number of aliphatic carboxylic acids is 1. The molecule has 1 heterocycles. The van der Waals surface area contributed by atoms with Crippen LogP contribution in [0.2, 0.25) is 0 Å². The summed E-state index contributed by atoms with van der Waals surface area (Å²) in [7, 11) is 0. The Morgan fingerprint density at radius 2 is 2.00 bits per heavy atom. The molecule has 7 heteroatoms. The summed E-state index contributed by atoms with van der Waals surface area (Å²) >= 11 is 3.40. The number of halogens is 1. The largest absolute Gasteiger partial charge is 0.486 e. The third-order valence-electron chi connectivity index (χ3n) is 3.36.